The average Bonchev–Trinajstić information content (AvgIpc) is 3.10. The maximum absolute atomic E-state index is 12.2. The van der Waals surface area contributed by atoms with Crippen LogP contribution in [0, 0.1) is 12.8 Å². The van der Waals surface area contributed by atoms with Gasteiger partial charge >= 0.3 is 0 Å². The number of nitrogens with one attached hydrogen (secondary N) is 1. The highest BCUT2D eigenvalue weighted by molar-refractivity contribution is 5.93. The standard InChI is InChI=1S/C14H18N6O/c1-9-6-12(4-5-13(9)20-8-16-18-19-20)17-14(21)10-2-3-11(15)7-10/h4-6,8,10-11H,2-3,7,15H2,1H3,(H,17,21). The molecule has 1 aromatic heterocycles. The topological polar surface area (TPSA) is 98.7 Å². The zero-order chi connectivity index (χ0) is 14.8. The molecular weight excluding hydrogens is 268 g/mol. The minimum atomic E-state index is 0.0273. The summed E-state index contributed by atoms with van der Waals surface area (Å²) in [5, 5.41) is 14.1. The van der Waals surface area contributed by atoms with Gasteiger partial charge in [-0.1, -0.05) is 0 Å². The van der Waals surface area contributed by atoms with E-state index in [0.717, 1.165) is 36.2 Å². The van der Waals surface area contributed by atoms with Crippen LogP contribution in [-0.4, -0.2) is 32.2 Å². The second-order valence-electron chi connectivity index (χ2n) is 5.51. The summed E-state index contributed by atoms with van der Waals surface area (Å²) in [5.74, 6) is 0.0806. The van der Waals surface area contributed by atoms with Crippen molar-refractivity contribution in [1.29, 1.82) is 0 Å². The smallest absolute Gasteiger partial charge is 0.227 e. The predicted octanol–water partition coefficient (Wildman–Crippen LogP) is 1.04. The largest absolute Gasteiger partial charge is 0.328 e. The Morgan fingerprint density at radius 1 is 1.43 bits per heavy atom. The van der Waals surface area contributed by atoms with Gasteiger partial charge in [0, 0.05) is 17.6 Å². The van der Waals surface area contributed by atoms with Crippen LogP contribution in [0.3, 0.4) is 0 Å². The lowest BCUT2D eigenvalue weighted by Gasteiger charge is -2.12. The molecule has 0 bridgehead atoms. The first-order chi connectivity index (χ1) is 10.1. The molecule has 1 aliphatic rings. The molecule has 1 amide bonds. The van der Waals surface area contributed by atoms with Gasteiger partial charge in [0.05, 0.1) is 5.69 Å². The molecule has 0 saturated heterocycles. The molecule has 2 unspecified atom stereocenters. The van der Waals surface area contributed by atoms with E-state index in [4.69, 9.17) is 5.73 Å². The van der Waals surface area contributed by atoms with Crippen molar-refractivity contribution in [3.8, 4) is 5.69 Å². The monoisotopic (exact) mass is 286 g/mol. The Kier molecular flexibility index (Phi) is 3.66. The Balaban J connectivity index is 1.72. The van der Waals surface area contributed by atoms with E-state index in [1.807, 2.05) is 25.1 Å². The van der Waals surface area contributed by atoms with Gasteiger partial charge < -0.3 is 11.1 Å². The van der Waals surface area contributed by atoms with Crippen molar-refractivity contribution in [2.24, 2.45) is 11.7 Å². The third kappa shape index (κ3) is 2.92. The molecule has 1 heterocycles. The molecule has 2 atom stereocenters. The van der Waals surface area contributed by atoms with Crippen LogP contribution in [0.5, 0.6) is 0 Å². The zero-order valence-electron chi connectivity index (χ0n) is 11.9. The van der Waals surface area contributed by atoms with Crippen molar-refractivity contribution in [3.05, 3.63) is 30.1 Å². The third-order valence-corrected chi connectivity index (χ3v) is 3.90. The van der Waals surface area contributed by atoms with Gasteiger partial charge in [-0.2, -0.15) is 0 Å². The number of carbonyl (C=O) groups excluding carboxylic acids is 1. The van der Waals surface area contributed by atoms with Gasteiger partial charge in [0.15, 0.2) is 0 Å². The molecule has 0 spiro atoms. The van der Waals surface area contributed by atoms with Gasteiger partial charge in [0.2, 0.25) is 5.91 Å². The molecule has 7 heteroatoms. The van der Waals surface area contributed by atoms with Crippen LogP contribution in [0.25, 0.3) is 5.69 Å². The quantitative estimate of drug-likeness (QED) is 0.878. The van der Waals surface area contributed by atoms with E-state index >= 15 is 0 Å². The Morgan fingerprint density at radius 2 is 2.29 bits per heavy atom. The number of tetrazole rings is 1. The number of nitrogens with zero attached hydrogens (tertiary/aromatic N) is 4. The van der Waals surface area contributed by atoms with E-state index < -0.39 is 0 Å². The lowest BCUT2D eigenvalue weighted by Crippen LogP contribution is -2.23. The molecule has 0 aliphatic heterocycles. The highest BCUT2D eigenvalue weighted by Crippen LogP contribution is 2.26. The maximum Gasteiger partial charge on any atom is 0.227 e. The minimum Gasteiger partial charge on any atom is -0.328 e. The molecule has 7 nitrogen and oxygen atoms in total. The van der Waals surface area contributed by atoms with Gasteiger partial charge in [-0.3, -0.25) is 4.79 Å². The third-order valence-electron chi connectivity index (χ3n) is 3.90. The first kappa shape index (κ1) is 13.7. The van der Waals surface area contributed by atoms with Crippen LogP contribution >= 0.6 is 0 Å². The first-order valence-corrected chi connectivity index (χ1v) is 7.04. The number of aromatic nitrogens is 4. The summed E-state index contributed by atoms with van der Waals surface area (Å²) in [6, 6.07) is 5.83. The van der Waals surface area contributed by atoms with E-state index in [1.54, 1.807) is 11.0 Å². The molecule has 1 fully saturated rings. The number of hydrogen-bond acceptors (Lipinski definition) is 5. The fraction of sp³-hybridized carbons (Fsp3) is 0.429. The number of anilines is 1. The van der Waals surface area contributed by atoms with Crippen molar-refractivity contribution in [3.63, 3.8) is 0 Å². The van der Waals surface area contributed by atoms with Crippen molar-refractivity contribution >= 4 is 11.6 Å². The average molecular weight is 286 g/mol. The van der Waals surface area contributed by atoms with E-state index in [1.165, 1.54) is 0 Å². The highest BCUT2D eigenvalue weighted by atomic mass is 16.1. The SMILES string of the molecule is Cc1cc(NC(=O)C2CCC(N)C2)ccc1-n1cnnn1. The van der Waals surface area contributed by atoms with Crippen LogP contribution in [0.1, 0.15) is 24.8 Å². The van der Waals surface area contributed by atoms with Gasteiger partial charge in [0.25, 0.3) is 0 Å². The molecule has 1 saturated carbocycles. The fourth-order valence-electron chi connectivity index (χ4n) is 2.76. The number of nitrogens with two attached hydrogens (primary N) is 1. The van der Waals surface area contributed by atoms with E-state index in [9.17, 15) is 4.79 Å². The van der Waals surface area contributed by atoms with E-state index in [2.05, 4.69) is 20.8 Å². The van der Waals surface area contributed by atoms with Crippen LogP contribution in [-0.2, 0) is 4.79 Å². The summed E-state index contributed by atoms with van der Waals surface area (Å²) < 4.78 is 1.59. The molecule has 1 aromatic carbocycles. The normalized spacial score (nSPS) is 21.4. The van der Waals surface area contributed by atoms with Crippen molar-refractivity contribution < 1.29 is 4.79 Å². The summed E-state index contributed by atoms with van der Waals surface area (Å²) in [5.41, 5.74) is 8.52. The first-order valence-electron chi connectivity index (χ1n) is 7.04. The van der Waals surface area contributed by atoms with Crippen molar-refractivity contribution in [2.45, 2.75) is 32.2 Å². The van der Waals surface area contributed by atoms with Crippen molar-refractivity contribution in [2.75, 3.05) is 5.32 Å². The zero-order valence-corrected chi connectivity index (χ0v) is 11.9. The maximum atomic E-state index is 12.2. The number of rotatable bonds is 3. The molecule has 110 valence electrons. The summed E-state index contributed by atoms with van der Waals surface area (Å²) in [4.78, 5) is 12.2. The second-order valence-corrected chi connectivity index (χ2v) is 5.51. The molecule has 3 N–H and O–H groups in total. The Morgan fingerprint density at radius 3 is 2.90 bits per heavy atom. The van der Waals surface area contributed by atoms with Gasteiger partial charge in [-0.15, -0.1) is 5.10 Å². The predicted molar refractivity (Wildman–Crippen MR) is 77.8 cm³/mol. The number of amides is 1. The van der Waals surface area contributed by atoms with Crippen LogP contribution < -0.4 is 11.1 Å². The highest BCUT2D eigenvalue weighted by Gasteiger charge is 2.27. The number of benzene rings is 1. The fourth-order valence-corrected chi connectivity index (χ4v) is 2.76. The molecule has 21 heavy (non-hydrogen) atoms. The summed E-state index contributed by atoms with van der Waals surface area (Å²) >= 11 is 0. The van der Waals surface area contributed by atoms with E-state index in [-0.39, 0.29) is 17.9 Å². The molecule has 2 aromatic rings. The Hall–Kier alpha value is -2.28. The summed E-state index contributed by atoms with van der Waals surface area (Å²) in [7, 11) is 0. The Bertz CT molecular complexity index is 639. The van der Waals surface area contributed by atoms with E-state index in [0.29, 0.717) is 0 Å². The van der Waals surface area contributed by atoms with Crippen molar-refractivity contribution in [1.82, 2.24) is 20.2 Å². The Labute approximate surface area is 122 Å². The molecule has 0 radical (unpaired) electrons. The number of hydrogen-bond donors (Lipinski definition) is 2. The summed E-state index contributed by atoms with van der Waals surface area (Å²) in [6.07, 6.45) is 4.11. The summed E-state index contributed by atoms with van der Waals surface area (Å²) in [6.45, 7) is 1.96. The van der Waals surface area contributed by atoms with Gasteiger partial charge in [-0.25, -0.2) is 4.68 Å². The van der Waals surface area contributed by atoms with Crippen LogP contribution in [0.4, 0.5) is 5.69 Å². The van der Waals surface area contributed by atoms with Gasteiger partial charge in [0.1, 0.15) is 6.33 Å². The van der Waals surface area contributed by atoms with Gasteiger partial charge in [-0.05, 0) is 60.4 Å². The number of carbonyl (C=O) groups is 1. The molecular formula is C14H18N6O. The second kappa shape index (κ2) is 5.61. The molecule has 1 aliphatic carbocycles. The van der Waals surface area contributed by atoms with Crippen LogP contribution in [0.2, 0.25) is 0 Å². The molecule has 3 rings (SSSR count). The minimum absolute atomic E-state index is 0.0273. The van der Waals surface area contributed by atoms with Crippen LogP contribution in [0.15, 0.2) is 24.5 Å². The lowest BCUT2D eigenvalue weighted by molar-refractivity contribution is -0.119. The lowest BCUT2D eigenvalue weighted by atomic mass is 10.1. The number of aryl methyl sites for hydroxylation is 1.